The van der Waals surface area contributed by atoms with Gasteiger partial charge in [0.15, 0.2) is 5.11 Å². The summed E-state index contributed by atoms with van der Waals surface area (Å²) < 4.78 is 0. The first-order valence-corrected chi connectivity index (χ1v) is 5.74. The molecule has 0 amide bonds. The molecule has 2 N–H and O–H groups in total. The lowest BCUT2D eigenvalue weighted by Crippen LogP contribution is -2.48. The first-order valence-electron chi connectivity index (χ1n) is 5.33. The molecule has 0 aliphatic carbocycles. The molecule has 4 heteroatoms. The quantitative estimate of drug-likeness (QED) is 0.671. The summed E-state index contributed by atoms with van der Waals surface area (Å²) in [7, 11) is 2.17. The Kier molecular flexibility index (Phi) is 4.62. The minimum Gasteiger partial charge on any atom is -0.361 e. The minimum absolute atomic E-state index is 0.418. The highest BCUT2D eigenvalue weighted by atomic mass is 32.1. The van der Waals surface area contributed by atoms with Gasteiger partial charge in [0.1, 0.15) is 0 Å². The summed E-state index contributed by atoms with van der Waals surface area (Å²) in [5.41, 5.74) is 0. The van der Waals surface area contributed by atoms with E-state index in [9.17, 15) is 0 Å². The molecular weight excluding hydrogens is 194 g/mol. The molecule has 0 spiro atoms. The number of hydrogen-bond donors (Lipinski definition) is 2. The Labute approximate surface area is 92.2 Å². The predicted molar refractivity (Wildman–Crippen MR) is 64.5 cm³/mol. The Morgan fingerprint density at radius 1 is 1.36 bits per heavy atom. The van der Waals surface area contributed by atoms with Gasteiger partial charge in [0, 0.05) is 12.1 Å². The number of thiocarbonyl (C=S) groups is 1. The maximum absolute atomic E-state index is 5.20. The molecule has 14 heavy (non-hydrogen) atoms. The lowest BCUT2D eigenvalue weighted by molar-refractivity contribution is 0.246. The molecule has 0 unspecified atom stereocenters. The van der Waals surface area contributed by atoms with E-state index in [1.807, 2.05) is 0 Å². The van der Waals surface area contributed by atoms with Crippen LogP contribution in [0.3, 0.4) is 0 Å². The summed E-state index contributed by atoms with van der Waals surface area (Å²) in [4.78, 5) is 2.36. The van der Waals surface area contributed by atoms with Crippen molar-refractivity contribution in [2.45, 2.75) is 38.8 Å². The topological polar surface area (TPSA) is 27.3 Å². The van der Waals surface area contributed by atoms with Gasteiger partial charge in [-0.2, -0.15) is 0 Å². The van der Waals surface area contributed by atoms with Crippen molar-refractivity contribution in [2.24, 2.45) is 0 Å². The van der Waals surface area contributed by atoms with Crippen LogP contribution in [0, 0.1) is 0 Å². The van der Waals surface area contributed by atoms with Crippen molar-refractivity contribution in [2.75, 3.05) is 20.1 Å². The lowest BCUT2D eigenvalue weighted by Gasteiger charge is -2.30. The van der Waals surface area contributed by atoms with E-state index in [0.29, 0.717) is 12.1 Å². The van der Waals surface area contributed by atoms with E-state index in [2.05, 4.69) is 36.4 Å². The molecule has 1 saturated heterocycles. The number of likely N-dealkylation sites (tertiary alicyclic amines) is 1. The van der Waals surface area contributed by atoms with Crippen LogP contribution in [0.5, 0.6) is 0 Å². The molecule has 0 aromatic carbocycles. The van der Waals surface area contributed by atoms with Crippen molar-refractivity contribution in [3.8, 4) is 0 Å². The average Bonchev–Trinajstić information content (AvgIpc) is 2.07. The van der Waals surface area contributed by atoms with E-state index in [0.717, 1.165) is 5.11 Å². The highest BCUT2D eigenvalue weighted by molar-refractivity contribution is 7.80. The number of hydrogen-bond acceptors (Lipinski definition) is 2. The second-order valence-corrected chi connectivity index (χ2v) is 4.76. The molecule has 0 radical (unpaired) electrons. The monoisotopic (exact) mass is 215 g/mol. The van der Waals surface area contributed by atoms with Crippen LogP contribution < -0.4 is 10.6 Å². The molecule has 1 aliphatic rings. The van der Waals surface area contributed by atoms with Crippen LogP contribution in [-0.2, 0) is 0 Å². The SMILES string of the molecule is CC(C)NC(=S)NC1CCN(C)CC1. The molecule has 3 nitrogen and oxygen atoms in total. The zero-order chi connectivity index (χ0) is 10.6. The van der Waals surface area contributed by atoms with Gasteiger partial charge in [-0.3, -0.25) is 0 Å². The highest BCUT2D eigenvalue weighted by Crippen LogP contribution is 2.07. The van der Waals surface area contributed by atoms with Gasteiger partial charge in [0.25, 0.3) is 0 Å². The van der Waals surface area contributed by atoms with Crippen molar-refractivity contribution in [3.05, 3.63) is 0 Å². The van der Waals surface area contributed by atoms with Gasteiger partial charge in [-0.05, 0) is 59.0 Å². The molecule has 1 heterocycles. The Morgan fingerprint density at radius 3 is 2.43 bits per heavy atom. The smallest absolute Gasteiger partial charge is 0.166 e. The van der Waals surface area contributed by atoms with E-state index < -0.39 is 0 Å². The molecular formula is C10H21N3S. The molecule has 0 aromatic heterocycles. The zero-order valence-corrected chi connectivity index (χ0v) is 10.2. The van der Waals surface area contributed by atoms with Gasteiger partial charge in [-0.25, -0.2) is 0 Å². The first kappa shape index (κ1) is 11.7. The Bertz CT molecular complexity index is 186. The van der Waals surface area contributed by atoms with Crippen molar-refractivity contribution in [3.63, 3.8) is 0 Å². The van der Waals surface area contributed by atoms with Gasteiger partial charge in [-0.1, -0.05) is 0 Å². The van der Waals surface area contributed by atoms with Crippen LogP contribution in [-0.4, -0.2) is 42.2 Å². The molecule has 1 rings (SSSR count). The van der Waals surface area contributed by atoms with E-state index >= 15 is 0 Å². The Balaban J connectivity index is 2.20. The molecule has 0 saturated carbocycles. The second-order valence-electron chi connectivity index (χ2n) is 4.35. The summed E-state index contributed by atoms with van der Waals surface area (Å²) in [5.74, 6) is 0. The second kappa shape index (κ2) is 5.51. The van der Waals surface area contributed by atoms with Crippen molar-refractivity contribution < 1.29 is 0 Å². The van der Waals surface area contributed by atoms with Gasteiger partial charge in [-0.15, -0.1) is 0 Å². The van der Waals surface area contributed by atoms with Gasteiger partial charge < -0.3 is 15.5 Å². The van der Waals surface area contributed by atoms with Gasteiger partial charge >= 0.3 is 0 Å². The molecule has 1 aliphatic heterocycles. The maximum atomic E-state index is 5.20. The van der Waals surface area contributed by atoms with Crippen LogP contribution in [0.25, 0.3) is 0 Å². The Morgan fingerprint density at radius 2 is 1.93 bits per heavy atom. The summed E-state index contributed by atoms with van der Waals surface area (Å²) in [5, 5.41) is 7.37. The maximum Gasteiger partial charge on any atom is 0.166 e. The van der Waals surface area contributed by atoms with E-state index in [1.165, 1.54) is 25.9 Å². The van der Waals surface area contributed by atoms with Crippen LogP contribution in [0.2, 0.25) is 0 Å². The molecule has 82 valence electrons. The third kappa shape index (κ3) is 4.24. The lowest BCUT2D eigenvalue weighted by atomic mass is 10.1. The van der Waals surface area contributed by atoms with Crippen LogP contribution in [0.1, 0.15) is 26.7 Å². The van der Waals surface area contributed by atoms with Gasteiger partial charge in [0.2, 0.25) is 0 Å². The van der Waals surface area contributed by atoms with Gasteiger partial charge in [0.05, 0.1) is 0 Å². The number of nitrogens with one attached hydrogen (secondary N) is 2. The fourth-order valence-corrected chi connectivity index (χ4v) is 2.04. The summed E-state index contributed by atoms with van der Waals surface area (Å²) in [6, 6.07) is 0.978. The minimum atomic E-state index is 0.418. The molecule has 0 aromatic rings. The van der Waals surface area contributed by atoms with Crippen LogP contribution in [0.4, 0.5) is 0 Å². The van der Waals surface area contributed by atoms with E-state index in [-0.39, 0.29) is 0 Å². The predicted octanol–water partition coefficient (Wildman–Crippen LogP) is 0.953. The van der Waals surface area contributed by atoms with Crippen molar-refractivity contribution >= 4 is 17.3 Å². The largest absolute Gasteiger partial charge is 0.361 e. The highest BCUT2D eigenvalue weighted by Gasteiger charge is 2.16. The third-order valence-corrected chi connectivity index (χ3v) is 2.71. The fraction of sp³-hybridized carbons (Fsp3) is 0.900. The fourth-order valence-electron chi connectivity index (χ4n) is 1.64. The van der Waals surface area contributed by atoms with Crippen LogP contribution >= 0.6 is 12.2 Å². The van der Waals surface area contributed by atoms with Crippen LogP contribution in [0.15, 0.2) is 0 Å². The molecule has 0 bridgehead atoms. The van der Waals surface area contributed by atoms with E-state index in [4.69, 9.17) is 12.2 Å². The molecule has 0 atom stereocenters. The first-order chi connectivity index (χ1) is 6.58. The third-order valence-electron chi connectivity index (χ3n) is 2.47. The standard InChI is InChI=1S/C10H21N3S/c1-8(2)11-10(14)12-9-4-6-13(3)7-5-9/h8-9H,4-7H2,1-3H3,(H2,11,12,14). The number of rotatable bonds is 2. The normalized spacial score (nSPS) is 19.7. The number of nitrogens with zero attached hydrogens (tertiary/aromatic N) is 1. The molecule has 1 fully saturated rings. The number of piperidine rings is 1. The Hall–Kier alpha value is -0.350. The summed E-state index contributed by atoms with van der Waals surface area (Å²) in [6.07, 6.45) is 2.38. The summed E-state index contributed by atoms with van der Waals surface area (Å²) in [6.45, 7) is 6.54. The van der Waals surface area contributed by atoms with Crippen molar-refractivity contribution in [1.29, 1.82) is 0 Å². The van der Waals surface area contributed by atoms with Crippen molar-refractivity contribution in [1.82, 2.24) is 15.5 Å². The zero-order valence-electron chi connectivity index (χ0n) is 9.34. The van der Waals surface area contributed by atoms with E-state index in [1.54, 1.807) is 0 Å². The summed E-state index contributed by atoms with van der Waals surface area (Å²) >= 11 is 5.20. The average molecular weight is 215 g/mol.